The zero-order valence-electron chi connectivity index (χ0n) is 15.4. The Morgan fingerprint density at radius 3 is 2.29 bits per heavy atom. The van der Waals surface area contributed by atoms with E-state index in [4.69, 9.17) is 14.6 Å². The fourth-order valence-corrected chi connectivity index (χ4v) is 2.71. The first-order chi connectivity index (χ1) is 13.2. The molecule has 1 aliphatic rings. The molecule has 0 spiro atoms. The molecule has 1 heterocycles. The van der Waals surface area contributed by atoms with Crippen molar-refractivity contribution >= 4 is 23.6 Å². The molecular formula is C21H19NO6. The maximum atomic E-state index is 12.0. The zero-order valence-corrected chi connectivity index (χ0v) is 15.4. The lowest BCUT2D eigenvalue weighted by atomic mass is 10.0. The number of carboxylic acid groups (broad SMARTS) is 1. The number of hydrogen-bond acceptors (Lipinski definition) is 6. The van der Waals surface area contributed by atoms with Crippen molar-refractivity contribution < 1.29 is 29.0 Å². The summed E-state index contributed by atoms with van der Waals surface area (Å²) in [6, 6.07) is 14.6. The lowest BCUT2D eigenvalue weighted by Gasteiger charge is -2.29. The molecule has 0 bridgehead atoms. The standard InChI is InChI=1S/C21H19NO6/c1-21(2)27-19(25)17(20(26)28-21)12-22-16-5-3-4-15(11-16)14-8-6-13(7-9-14)10-18(23)24/h3-9,11-12,22H,10H2,1-2H3,(H,23,24). The smallest absolute Gasteiger partial charge is 0.350 e. The fraction of sp³-hybridized carbons (Fsp3) is 0.190. The molecule has 0 unspecified atom stereocenters. The van der Waals surface area contributed by atoms with E-state index in [2.05, 4.69) is 5.32 Å². The average Bonchev–Trinajstić information content (AvgIpc) is 2.60. The van der Waals surface area contributed by atoms with E-state index in [1.807, 2.05) is 30.3 Å². The van der Waals surface area contributed by atoms with E-state index in [0.717, 1.165) is 11.1 Å². The lowest BCUT2D eigenvalue weighted by Crippen LogP contribution is -2.42. The minimum atomic E-state index is -1.28. The van der Waals surface area contributed by atoms with Crippen molar-refractivity contribution in [1.29, 1.82) is 0 Å². The van der Waals surface area contributed by atoms with E-state index < -0.39 is 23.7 Å². The van der Waals surface area contributed by atoms with Crippen LogP contribution < -0.4 is 5.32 Å². The summed E-state index contributed by atoms with van der Waals surface area (Å²) < 4.78 is 10.1. The first-order valence-corrected chi connectivity index (χ1v) is 8.58. The molecule has 0 saturated carbocycles. The fourth-order valence-electron chi connectivity index (χ4n) is 2.71. The van der Waals surface area contributed by atoms with E-state index >= 15 is 0 Å². The van der Waals surface area contributed by atoms with Crippen LogP contribution in [-0.4, -0.2) is 28.8 Å². The van der Waals surface area contributed by atoms with Gasteiger partial charge in [0.05, 0.1) is 6.42 Å². The summed E-state index contributed by atoms with van der Waals surface area (Å²) in [6.45, 7) is 2.97. The monoisotopic (exact) mass is 381 g/mol. The second kappa shape index (κ2) is 7.56. The summed E-state index contributed by atoms with van der Waals surface area (Å²) in [7, 11) is 0. The van der Waals surface area contributed by atoms with Crippen molar-refractivity contribution in [2.45, 2.75) is 26.1 Å². The predicted molar refractivity (Wildman–Crippen MR) is 101 cm³/mol. The molecule has 7 nitrogen and oxygen atoms in total. The Hall–Kier alpha value is -3.61. The van der Waals surface area contributed by atoms with Crippen molar-refractivity contribution in [3.63, 3.8) is 0 Å². The number of anilines is 1. The third kappa shape index (κ3) is 4.56. The Bertz CT molecular complexity index is 937. The van der Waals surface area contributed by atoms with Gasteiger partial charge >= 0.3 is 17.9 Å². The minimum Gasteiger partial charge on any atom is -0.481 e. The predicted octanol–water partition coefficient (Wildman–Crippen LogP) is 3.11. The van der Waals surface area contributed by atoms with Crippen LogP contribution in [0.15, 0.2) is 60.3 Å². The highest BCUT2D eigenvalue weighted by molar-refractivity contribution is 6.15. The highest BCUT2D eigenvalue weighted by Crippen LogP contribution is 2.25. The van der Waals surface area contributed by atoms with E-state index in [1.165, 1.54) is 20.0 Å². The Morgan fingerprint density at radius 1 is 1.04 bits per heavy atom. The second-order valence-electron chi connectivity index (χ2n) is 6.73. The molecule has 144 valence electrons. The van der Waals surface area contributed by atoms with Gasteiger partial charge in [0.2, 0.25) is 0 Å². The first-order valence-electron chi connectivity index (χ1n) is 8.58. The van der Waals surface area contributed by atoms with E-state index in [-0.39, 0.29) is 12.0 Å². The molecule has 0 atom stereocenters. The van der Waals surface area contributed by atoms with Crippen LogP contribution in [0.3, 0.4) is 0 Å². The zero-order chi connectivity index (χ0) is 20.3. The van der Waals surface area contributed by atoms with Crippen molar-refractivity contribution in [1.82, 2.24) is 0 Å². The Labute approximate surface area is 161 Å². The summed E-state index contributed by atoms with van der Waals surface area (Å²) in [5.74, 6) is -3.66. The van der Waals surface area contributed by atoms with Gasteiger partial charge in [0.1, 0.15) is 0 Å². The maximum absolute atomic E-state index is 12.0. The second-order valence-corrected chi connectivity index (χ2v) is 6.73. The third-order valence-electron chi connectivity index (χ3n) is 4.01. The highest BCUT2D eigenvalue weighted by atomic mass is 16.7. The summed E-state index contributed by atoms with van der Waals surface area (Å²) in [6.07, 6.45) is 1.23. The third-order valence-corrected chi connectivity index (χ3v) is 4.01. The number of hydrogen-bond donors (Lipinski definition) is 2. The molecule has 0 amide bonds. The molecule has 1 aliphatic heterocycles. The Morgan fingerprint density at radius 2 is 1.68 bits per heavy atom. The molecule has 28 heavy (non-hydrogen) atoms. The lowest BCUT2D eigenvalue weighted by molar-refractivity contribution is -0.222. The van der Waals surface area contributed by atoms with Gasteiger partial charge in [-0.2, -0.15) is 0 Å². The molecule has 0 aliphatic carbocycles. The molecule has 3 rings (SSSR count). The minimum absolute atomic E-state index is 0.0293. The molecule has 2 aromatic rings. The van der Waals surface area contributed by atoms with Crippen molar-refractivity contribution in [2.24, 2.45) is 0 Å². The number of cyclic esters (lactones) is 2. The van der Waals surface area contributed by atoms with Gasteiger partial charge in [-0.15, -0.1) is 0 Å². The Balaban J connectivity index is 1.76. The molecule has 2 N–H and O–H groups in total. The summed E-state index contributed by atoms with van der Waals surface area (Å²) in [5, 5.41) is 11.8. The van der Waals surface area contributed by atoms with E-state index in [1.54, 1.807) is 18.2 Å². The molecule has 7 heteroatoms. The number of aliphatic carboxylic acids is 1. The van der Waals surface area contributed by atoms with Crippen molar-refractivity contribution in [3.8, 4) is 11.1 Å². The number of carbonyl (C=O) groups excluding carboxylic acids is 2. The molecule has 1 saturated heterocycles. The van der Waals surface area contributed by atoms with Crippen LogP contribution in [0.1, 0.15) is 19.4 Å². The average molecular weight is 381 g/mol. The number of carboxylic acids is 1. The van der Waals surface area contributed by atoms with E-state index in [0.29, 0.717) is 11.3 Å². The van der Waals surface area contributed by atoms with Gasteiger partial charge in [-0.25, -0.2) is 9.59 Å². The van der Waals surface area contributed by atoms with Gasteiger partial charge in [-0.3, -0.25) is 4.79 Å². The number of esters is 2. The summed E-state index contributed by atoms with van der Waals surface area (Å²) in [4.78, 5) is 34.7. The number of benzene rings is 2. The molecule has 2 aromatic carbocycles. The van der Waals surface area contributed by atoms with E-state index in [9.17, 15) is 14.4 Å². The number of rotatable bonds is 5. The van der Waals surface area contributed by atoms with Crippen LogP contribution in [0.4, 0.5) is 5.69 Å². The molecule has 0 radical (unpaired) electrons. The molecule has 0 aromatic heterocycles. The maximum Gasteiger partial charge on any atom is 0.350 e. The van der Waals surface area contributed by atoms with Gasteiger partial charge < -0.3 is 19.9 Å². The van der Waals surface area contributed by atoms with Gasteiger partial charge in [0.25, 0.3) is 5.79 Å². The quantitative estimate of drug-likeness (QED) is 0.466. The van der Waals surface area contributed by atoms with Crippen LogP contribution in [0.5, 0.6) is 0 Å². The topological polar surface area (TPSA) is 102 Å². The number of nitrogens with one attached hydrogen (secondary N) is 1. The van der Waals surface area contributed by atoms with Crippen molar-refractivity contribution in [2.75, 3.05) is 5.32 Å². The van der Waals surface area contributed by atoms with Gasteiger partial charge in [0, 0.05) is 25.7 Å². The SMILES string of the molecule is CC1(C)OC(=O)C(=CNc2cccc(-c3ccc(CC(=O)O)cc3)c2)C(=O)O1. The van der Waals surface area contributed by atoms with Crippen LogP contribution in [-0.2, 0) is 30.3 Å². The van der Waals surface area contributed by atoms with Crippen LogP contribution >= 0.6 is 0 Å². The molecule has 1 fully saturated rings. The van der Waals surface area contributed by atoms with Gasteiger partial charge in [-0.05, 0) is 28.8 Å². The molecular weight excluding hydrogens is 362 g/mol. The highest BCUT2D eigenvalue weighted by Gasteiger charge is 2.38. The van der Waals surface area contributed by atoms with Crippen LogP contribution in [0.25, 0.3) is 11.1 Å². The summed E-state index contributed by atoms with van der Waals surface area (Å²) in [5.41, 5.74) is 2.95. The largest absolute Gasteiger partial charge is 0.481 e. The van der Waals surface area contributed by atoms with Crippen LogP contribution in [0, 0.1) is 0 Å². The van der Waals surface area contributed by atoms with Crippen LogP contribution in [0.2, 0.25) is 0 Å². The number of carbonyl (C=O) groups is 3. The van der Waals surface area contributed by atoms with Gasteiger partial charge in [-0.1, -0.05) is 36.4 Å². The first kappa shape index (κ1) is 19.2. The normalized spacial score (nSPS) is 15.4. The Kier molecular flexibility index (Phi) is 5.17. The number of ether oxygens (including phenoxy) is 2. The summed E-state index contributed by atoms with van der Waals surface area (Å²) >= 11 is 0. The van der Waals surface area contributed by atoms with Gasteiger partial charge in [0.15, 0.2) is 5.57 Å². The van der Waals surface area contributed by atoms with Crippen molar-refractivity contribution in [3.05, 3.63) is 65.9 Å².